The molecular formula is C19H19N7O6. The second-order valence-corrected chi connectivity index (χ2v) is 6.73. The zero-order valence-electron chi connectivity index (χ0n) is 16.5. The molecule has 0 unspecified atom stereocenters. The lowest BCUT2D eigenvalue weighted by atomic mass is 10.1. The topological polar surface area (TPSA) is 213 Å². The number of nitrogens with two attached hydrogens (primary N) is 1. The second-order valence-electron chi connectivity index (χ2n) is 6.73. The lowest BCUT2D eigenvalue weighted by Gasteiger charge is -2.14. The van der Waals surface area contributed by atoms with Gasteiger partial charge in [0, 0.05) is 18.5 Å². The quantitative estimate of drug-likeness (QED) is 0.259. The molecular weight excluding hydrogens is 422 g/mol. The zero-order valence-corrected chi connectivity index (χ0v) is 16.5. The predicted octanol–water partition coefficient (Wildman–Crippen LogP) is -0.0448. The van der Waals surface area contributed by atoms with Gasteiger partial charge >= 0.3 is 11.9 Å². The van der Waals surface area contributed by atoms with Crippen LogP contribution >= 0.6 is 0 Å². The standard InChI is InChI=1S/C19H19N7O6/c20-19-25-15-14(17(30)26-19)24-12(8-22-15)21-7-9-1-3-10(4-2-9)16(29)23-11(18(31)32)5-6-13(27)28/h1-4,8,11H,5-7H2,(H,21,24)(H,23,29)(H,27,28)(H,31,32)(H3,20,22,25,26,30)/t11-/m0/s1. The van der Waals surface area contributed by atoms with Crippen LogP contribution in [0.4, 0.5) is 11.8 Å². The minimum absolute atomic E-state index is 0.0344. The van der Waals surface area contributed by atoms with Crippen molar-refractivity contribution in [2.75, 3.05) is 11.1 Å². The van der Waals surface area contributed by atoms with Gasteiger partial charge in [0.1, 0.15) is 11.9 Å². The number of carbonyl (C=O) groups is 3. The maximum absolute atomic E-state index is 12.3. The number of hydrogen-bond donors (Lipinski definition) is 6. The average molecular weight is 441 g/mol. The van der Waals surface area contributed by atoms with Crippen molar-refractivity contribution >= 4 is 40.8 Å². The number of carboxylic acids is 2. The van der Waals surface area contributed by atoms with E-state index in [1.165, 1.54) is 18.3 Å². The Morgan fingerprint density at radius 2 is 1.84 bits per heavy atom. The van der Waals surface area contributed by atoms with Gasteiger partial charge in [-0.2, -0.15) is 4.98 Å². The monoisotopic (exact) mass is 441 g/mol. The summed E-state index contributed by atoms with van der Waals surface area (Å²) in [4.78, 5) is 60.5. The Kier molecular flexibility index (Phi) is 6.58. The normalized spacial score (nSPS) is 11.6. The summed E-state index contributed by atoms with van der Waals surface area (Å²) in [7, 11) is 0. The highest BCUT2D eigenvalue weighted by Crippen LogP contribution is 2.11. The first-order chi connectivity index (χ1) is 15.2. The van der Waals surface area contributed by atoms with Gasteiger partial charge in [-0.15, -0.1) is 0 Å². The molecule has 3 rings (SSSR count). The molecule has 0 radical (unpaired) electrons. The Hall–Kier alpha value is -4.55. The molecule has 0 bridgehead atoms. The van der Waals surface area contributed by atoms with Gasteiger partial charge < -0.3 is 26.6 Å². The van der Waals surface area contributed by atoms with E-state index in [1.54, 1.807) is 12.1 Å². The SMILES string of the molecule is Nc1nc2ncc(NCc3ccc(C(=O)N[C@@H](CCC(=O)O)C(=O)O)cc3)nc2c(=O)[nH]1. The molecule has 0 fully saturated rings. The maximum atomic E-state index is 12.3. The van der Waals surface area contributed by atoms with E-state index in [0.717, 1.165) is 5.56 Å². The minimum atomic E-state index is -1.31. The van der Waals surface area contributed by atoms with Crippen molar-refractivity contribution in [2.45, 2.75) is 25.4 Å². The van der Waals surface area contributed by atoms with E-state index in [1.807, 2.05) is 0 Å². The van der Waals surface area contributed by atoms with E-state index in [-0.39, 0.29) is 35.5 Å². The smallest absolute Gasteiger partial charge is 0.326 e. The fourth-order valence-corrected chi connectivity index (χ4v) is 2.75. The van der Waals surface area contributed by atoms with E-state index in [2.05, 4.69) is 30.6 Å². The Morgan fingerprint density at radius 3 is 2.50 bits per heavy atom. The molecule has 2 aromatic heterocycles. The lowest BCUT2D eigenvalue weighted by Crippen LogP contribution is -2.41. The summed E-state index contributed by atoms with van der Waals surface area (Å²) in [5, 5.41) is 23.1. The van der Waals surface area contributed by atoms with Gasteiger partial charge in [0.2, 0.25) is 5.95 Å². The molecule has 0 aliphatic rings. The third-order valence-corrected chi connectivity index (χ3v) is 4.38. The molecule has 166 valence electrons. The van der Waals surface area contributed by atoms with Crippen molar-refractivity contribution in [3.8, 4) is 0 Å². The number of hydrogen-bond acceptors (Lipinski definition) is 9. The number of carbonyl (C=O) groups excluding carboxylic acids is 1. The van der Waals surface area contributed by atoms with Crippen LogP contribution in [0.2, 0.25) is 0 Å². The van der Waals surface area contributed by atoms with E-state index in [4.69, 9.17) is 15.9 Å². The van der Waals surface area contributed by atoms with Crippen molar-refractivity contribution in [3.05, 3.63) is 51.9 Å². The number of anilines is 2. The van der Waals surface area contributed by atoms with Gasteiger partial charge in [0.05, 0.1) is 6.20 Å². The maximum Gasteiger partial charge on any atom is 0.326 e. The third kappa shape index (κ3) is 5.53. The van der Waals surface area contributed by atoms with Gasteiger partial charge in [-0.05, 0) is 24.1 Å². The molecule has 32 heavy (non-hydrogen) atoms. The first-order valence-corrected chi connectivity index (χ1v) is 9.33. The molecule has 0 aliphatic heterocycles. The van der Waals surface area contributed by atoms with Crippen LogP contribution in [0.3, 0.4) is 0 Å². The van der Waals surface area contributed by atoms with Crippen molar-refractivity contribution in [1.82, 2.24) is 25.3 Å². The molecule has 0 spiro atoms. The van der Waals surface area contributed by atoms with Crippen LogP contribution in [0.15, 0.2) is 35.3 Å². The second kappa shape index (κ2) is 9.51. The molecule has 0 saturated carbocycles. The van der Waals surface area contributed by atoms with Crippen molar-refractivity contribution in [1.29, 1.82) is 0 Å². The minimum Gasteiger partial charge on any atom is -0.481 e. The van der Waals surface area contributed by atoms with Crippen molar-refractivity contribution in [2.24, 2.45) is 0 Å². The Morgan fingerprint density at radius 1 is 1.12 bits per heavy atom. The summed E-state index contributed by atoms with van der Waals surface area (Å²) in [5.41, 5.74) is 6.10. The summed E-state index contributed by atoms with van der Waals surface area (Å²) < 4.78 is 0. The largest absolute Gasteiger partial charge is 0.481 e. The van der Waals surface area contributed by atoms with Gasteiger partial charge in [0.15, 0.2) is 11.2 Å². The number of nitrogens with one attached hydrogen (secondary N) is 3. The number of benzene rings is 1. The van der Waals surface area contributed by atoms with Crippen LogP contribution in [-0.2, 0) is 16.1 Å². The number of aromatic amines is 1. The number of nitrogens with zero attached hydrogens (tertiary/aromatic N) is 3. The number of fused-ring (bicyclic) bond motifs is 1. The van der Waals surface area contributed by atoms with E-state index < -0.39 is 29.4 Å². The average Bonchev–Trinajstić information content (AvgIpc) is 2.75. The number of carboxylic acid groups (broad SMARTS) is 2. The lowest BCUT2D eigenvalue weighted by molar-refractivity contribution is -0.140. The number of amides is 1. The summed E-state index contributed by atoms with van der Waals surface area (Å²) in [5.74, 6) is -2.82. The van der Waals surface area contributed by atoms with Crippen LogP contribution in [-0.4, -0.2) is 54.0 Å². The number of nitrogen functional groups attached to an aromatic ring is 1. The Labute approximate surface area is 179 Å². The highest BCUT2D eigenvalue weighted by atomic mass is 16.4. The van der Waals surface area contributed by atoms with E-state index >= 15 is 0 Å². The molecule has 7 N–H and O–H groups in total. The molecule has 1 aromatic carbocycles. The van der Waals surface area contributed by atoms with Crippen LogP contribution in [0, 0.1) is 0 Å². The van der Waals surface area contributed by atoms with Crippen LogP contribution in [0.1, 0.15) is 28.8 Å². The third-order valence-electron chi connectivity index (χ3n) is 4.38. The van der Waals surface area contributed by atoms with Gasteiger partial charge in [-0.25, -0.2) is 14.8 Å². The van der Waals surface area contributed by atoms with E-state index in [9.17, 15) is 19.2 Å². The van der Waals surface area contributed by atoms with Crippen LogP contribution in [0.5, 0.6) is 0 Å². The number of aromatic nitrogens is 4. The van der Waals surface area contributed by atoms with Gasteiger partial charge in [-0.3, -0.25) is 19.4 Å². The highest BCUT2D eigenvalue weighted by molar-refractivity contribution is 5.96. The fourth-order valence-electron chi connectivity index (χ4n) is 2.75. The van der Waals surface area contributed by atoms with Gasteiger partial charge in [-0.1, -0.05) is 12.1 Å². The molecule has 0 saturated heterocycles. The Balaban J connectivity index is 1.62. The summed E-state index contributed by atoms with van der Waals surface area (Å²) in [6, 6.07) is 5.01. The summed E-state index contributed by atoms with van der Waals surface area (Å²) in [6.07, 6.45) is 0.796. The predicted molar refractivity (Wildman–Crippen MR) is 112 cm³/mol. The molecule has 13 heteroatoms. The zero-order chi connectivity index (χ0) is 23.3. The van der Waals surface area contributed by atoms with Crippen LogP contribution in [0.25, 0.3) is 11.2 Å². The van der Waals surface area contributed by atoms with Crippen molar-refractivity contribution in [3.63, 3.8) is 0 Å². The molecule has 13 nitrogen and oxygen atoms in total. The number of rotatable bonds is 9. The number of H-pyrrole nitrogens is 1. The molecule has 3 aromatic rings. The first kappa shape index (κ1) is 22.1. The Bertz CT molecular complexity index is 1230. The van der Waals surface area contributed by atoms with Crippen molar-refractivity contribution < 1.29 is 24.6 Å². The number of aliphatic carboxylic acids is 2. The molecule has 1 amide bonds. The summed E-state index contributed by atoms with van der Waals surface area (Å²) >= 11 is 0. The van der Waals surface area contributed by atoms with Crippen LogP contribution < -0.4 is 21.9 Å². The first-order valence-electron chi connectivity index (χ1n) is 9.33. The highest BCUT2D eigenvalue weighted by Gasteiger charge is 2.21. The molecule has 0 aliphatic carbocycles. The van der Waals surface area contributed by atoms with E-state index in [0.29, 0.717) is 12.4 Å². The molecule has 2 heterocycles. The van der Waals surface area contributed by atoms with Gasteiger partial charge in [0.25, 0.3) is 11.5 Å². The fraction of sp³-hybridized carbons (Fsp3) is 0.211. The summed E-state index contributed by atoms with van der Waals surface area (Å²) in [6.45, 7) is 0.304. The molecule has 1 atom stereocenters.